The van der Waals surface area contributed by atoms with Crippen molar-refractivity contribution in [2.45, 2.75) is 142 Å². The molecule has 0 saturated carbocycles. The molecule has 304 valence electrons. The summed E-state index contributed by atoms with van der Waals surface area (Å²) in [6.45, 7) is 16.1. The van der Waals surface area contributed by atoms with Crippen molar-refractivity contribution in [2.75, 3.05) is 0 Å². The Balaban J connectivity index is 1.76. The number of para-hydroxylation sites is 1. The minimum Gasteiger partial charge on any atom is -0.443 e. The highest BCUT2D eigenvalue weighted by Gasteiger charge is 2.37. The number of carbonyl (C=O) groups excluding carboxylic acids is 6. The minimum absolute atomic E-state index is 0.0403. The van der Waals surface area contributed by atoms with Crippen LogP contribution in [0.4, 0.5) is 4.79 Å². The van der Waals surface area contributed by atoms with Crippen molar-refractivity contribution < 1.29 is 38.2 Å². The average molecular weight is 774 g/mol. The second-order valence-electron chi connectivity index (χ2n) is 16.9. The van der Waals surface area contributed by atoms with E-state index in [0.29, 0.717) is 29.3 Å². The molecule has 4 amide bonds. The Labute approximate surface area is 330 Å². The van der Waals surface area contributed by atoms with Gasteiger partial charge in [0, 0.05) is 37.3 Å². The second-order valence-corrected chi connectivity index (χ2v) is 16.9. The second kappa shape index (κ2) is 18.7. The van der Waals surface area contributed by atoms with Crippen LogP contribution in [-0.2, 0) is 46.3 Å². The van der Waals surface area contributed by atoms with Crippen molar-refractivity contribution in [1.29, 1.82) is 0 Å². The molecule has 1 aliphatic rings. The summed E-state index contributed by atoms with van der Waals surface area (Å²) in [6, 6.07) is 12.0. The zero-order chi connectivity index (χ0) is 41.4. The van der Waals surface area contributed by atoms with E-state index < -0.39 is 65.3 Å². The van der Waals surface area contributed by atoms with E-state index in [0.717, 1.165) is 5.56 Å². The van der Waals surface area contributed by atoms with Crippen molar-refractivity contribution in [1.82, 2.24) is 25.8 Å². The number of fused-ring (bicyclic) bond motifs is 1. The summed E-state index contributed by atoms with van der Waals surface area (Å²) in [5.41, 5.74) is 0.529. The number of amides is 4. The molecule has 3 aromatic rings. The number of ketones is 1. The maximum atomic E-state index is 14.4. The topological polar surface area (TPSA) is 174 Å². The lowest BCUT2D eigenvalue weighted by Crippen LogP contribution is -2.62. The minimum atomic E-state index is -1.25. The molecular weight excluding hydrogens is 715 g/mol. The quantitative estimate of drug-likeness (QED) is 0.255. The smallest absolute Gasteiger partial charge is 0.419 e. The van der Waals surface area contributed by atoms with Gasteiger partial charge in [0.05, 0.1) is 23.3 Å². The highest BCUT2D eigenvalue weighted by molar-refractivity contribution is 5.97. The third-order valence-corrected chi connectivity index (χ3v) is 9.36. The van der Waals surface area contributed by atoms with E-state index >= 15 is 0 Å². The van der Waals surface area contributed by atoms with E-state index in [-0.39, 0.29) is 43.3 Å². The number of carbonyl (C=O) groups is 6. The van der Waals surface area contributed by atoms with Crippen LogP contribution in [0.15, 0.2) is 60.8 Å². The van der Waals surface area contributed by atoms with E-state index in [9.17, 15) is 28.8 Å². The zero-order valence-corrected chi connectivity index (χ0v) is 34.2. The summed E-state index contributed by atoms with van der Waals surface area (Å²) < 4.78 is 13.2. The van der Waals surface area contributed by atoms with Crippen molar-refractivity contribution in [3.8, 4) is 0 Å². The molecule has 0 unspecified atom stereocenters. The van der Waals surface area contributed by atoms with Crippen LogP contribution >= 0.6 is 0 Å². The first-order chi connectivity index (χ1) is 26.2. The third-order valence-electron chi connectivity index (χ3n) is 9.36. The van der Waals surface area contributed by atoms with Gasteiger partial charge in [-0.05, 0) is 84.4 Å². The zero-order valence-electron chi connectivity index (χ0n) is 34.2. The number of ether oxygens (including phenoxy) is 2. The lowest BCUT2D eigenvalue weighted by Gasteiger charge is -2.33. The molecule has 5 atom stereocenters. The fourth-order valence-electron chi connectivity index (χ4n) is 6.74. The fourth-order valence-corrected chi connectivity index (χ4v) is 6.74. The number of Topliss-reactive ketones (excluding diaryl/α,β-unsaturated/α-hetero) is 1. The average Bonchev–Trinajstić information content (AvgIpc) is 3.47. The molecule has 4 N–H and O–H groups in total. The van der Waals surface area contributed by atoms with E-state index in [1.807, 2.05) is 63.2 Å². The van der Waals surface area contributed by atoms with Crippen LogP contribution in [-0.4, -0.2) is 81.5 Å². The summed E-state index contributed by atoms with van der Waals surface area (Å²) in [4.78, 5) is 82.9. The van der Waals surface area contributed by atoms with Crippen molar-refractivity contribution in [3.05, 3.63) is 71.9 Å². The van der Waals surface area contributed by atoms with Crippen LogP contribution in [0.5, 0.6) is 0 Å². The van der Waals surface area contributed by atoms with Gasteiger partial charge in [-0.15, -0.1) is 0 Å². The van der Waals surface area contributed by atoms with Gasteiger partial charge in [0.2, 0.25) is 23.6 Å². The molecule has 0 spiro atoms. The Kier molecular flexibility index (Phi) is 14.6. The van der Waals surface area contributed by atoms with Crippen LogP contribution in [0.3, 0.4) is 0 Å². The number of nitrogens with zero attached hydrogens (tertiary/aromatic N) is 1. The standard InChI is InChI=1S/C43H59N5O8/c1-26(2)36-39(52)47-37(27(3)55-42(4,5)6)40(53)45-32(23-28-17-11-10-12-18-28)38(51)44-31(34(49)21-15-16-22-35(50)46-36)24-29-25-48(41(54)56-43(7,8)9)33-20-14-13-19-30(29)33/h10-14,17-20,25-27,31-32,36-37H,15-16,21-24H2,1-9H3,(H,44,51)(H,45,53)(H,46,50)(H,47,52)/t27-,31+,32+,36+,37+/m1/s1. The normalized spacial score (nSPS) is 21.8. The molecule has 56 heavy (non-hydrogen) atoms. The molecule has 0 aliphatic carbocycles. The van der Waals surface area contributed by atoms with Crippen molar-refractivity contribution >= 4 is 46.4 Å². The largest absolute Gasteiger partial charge is 0.443 e. The predicted molar refractivity (Wildman–Crippen MR) is 214 cm³/mol. The van der Waals surface area contributed by atoms with Crippen LogP contribution in [0, 0.1) is 5.92 Å². The molecular formula is C43H59N5O8. The number of nitrogens with one attached hydrogen (secondary N) is 4. The number of rotatable bonds is 7. The van der Waals surface area contributed by atoms with E-state index in [2.05, 4.69) is 21.3 Å². The van der Waals surface area contributed by atoms with Crippen LogP contribution in [0.25, 0.3) is 10.9 Å². The number of hydrogen-bond donors (Lipinski definition) is 4. The summed E-state index contributed by atoms with van der Waals surface area (Å²) in [5.74, 6) is -2.79. The molecule has 2 heterocycles. The maximum Gasteiger partial charge on any atom is 0.419 e. The molecule has 1 fully saturated rings. The van der Waals surface area contributed by atoms with Crippen LogP contribution in [0.1, 0.15) is 99.1 Å². The van der Waals surface area contributed by atoms with Gasteiger partial charge in [-0.25, -0.2) is 4.79 Å². The fraction of sp³-hybridized carbons (Fsp3) is 0.535. The Morgan fingerprint density at radius 2 is 1.32 bits per heavy atom. The van der Waals surface area contributed by atoms with Gasteiger partial charge in [0.15, 0.2) is 5.78 Å². The van der Waals surface area contributed by atoms with Gasteiger partial charge in [-0.3, -0.25) is 28.5 Å². The first-order valence-electron chi connectivity index (χ1n) is 19.5. The summed E-state index contributed by atoms with van der Waals surface area (Å²) in [7, 11) is 0. The number of hydrogen-bond acceptors (Lipinski definition) is 8. The lowest BCUT2D eigenvalue weighted by atomic mass is 9.97. The van der Waals surface area contributed by atoms with Crippen LogP contribution < -0.4 is 21.3 Å². The van der Waals surface area contributed by atoms with Gasteiger partial charge < -0.3 is 30.7 Å². The van der Waals surface area contributed by atoms with Gasteiger partial charge >= 0.3 is 6.09 Å². The SMILES string of the molecule is CC(C)[C@@H]1NC(=O)CCCCC(=O)[C@H](Cc2cn(C(=O)OC(C)(C)C)c3ccccc23)NC(=O)[C@H](Cc2ccccc2)NC(=O)[C@H]([C@@H](C)OC(C)(C)C)NC1=O. The monoisotopic (exact) mass is 773 g/mol. The first-order valence-corrected chi connectivity index (χ1v) is 19.5. The molecule has 13 heteroatoms. The van der Waals surface area contributed by atoms with E-state index in [1.54, 1.807) is 59.9 Å². The molecule has 4 rings (SSSR count). The summed E-state index contributed by atoms with van der Waals surface area (Å²) in [5, 5.41) is 12.1. The third kappa shape index (κ3) is 12.5. The van der Waals surface area contributed by atoms with Gasteiger partial charge in [-0.1, -0.05) is 62.4 Å². The Morgan fingerprint density at radius 3 is 1.96 bits per heavy atom. The maximum absolute atomic E-state index is 14.4. The number of benzene rings is 2. The van der Waals surface area contributed by atoms with Gasteiger partial charge in [0.1, 0.15) is 23.7 Å². The molecule has 13 nitrogen and oxygen atoms in total. The molecule has 1 saturated heterocycles. The van der Waals surface area contributed by atoms with Crippen LogP contribution in [0.2, 0.25) is 0 Å². The van der Waals surface area contributed by atoms with E-state index in [4.69, 9.17) is 9.47 Å². The lowest BCUT2D eigenvalue weighted by molar-refractivity contribution is -0.140. The van der Waals surface area contributed by atoms with Gasteiger partial charge in [-0.2, -0.15) is 0 Å². The highest BCUT2D eigenvalue weighted by atomic mass is 16.6. The van der Waals surface area contributed by atoms with Crippen molar-refractivity contribution in [3.63, 3.8) is 0 Å². The van der Waals surface area contributed by atoms with E-state index in [1.165, 1.54) is 4.57 Å². The molecule has 2 aromatic carbocycles. The highest BCUT2D eigenvalue weighted by Crippen LogP contribution is 2.25. The first kappa shape index (κ1) is 43.7. The number of aromatic nitrogens is 1. The Hall–Kier alpha value is -5.04. The molecule has 0 bridgehead atoms. The molecule has 1 aliphatic heterocycles. The predicted octanol–water partition coefficient (Wildman–Crippen LogP) is 5.15. The Bertz CT molecular complexity index is 1870. The molecule has 0 radical (unpaired) electrons. The van der Waals surface area contributed by atoms with Crippen molar-refractivity contribution in [2.24, 2.45) is 5.92 Å². The summed E-state index contributed by atoms with van der Waals surface area (Å²) in [6.07, 6.45) is 1.15. The van der Waals surface area contributed by atoms with Gasteiger partial charge in [0.25, 0.3) is 0 Å². The Morgan fingerprint density at radius 1 is 0.714 bits per heavy atom. The summed E-state index contributed by atoms with van der Waals surface area (Å²) >= 11 is 0. The molecule has 1 aromatic heterocycles.